The van der Waals surface area contributed by atoms with Crippen LogP contribution in [-0.4, -0.2) is 89.7 Å². The summed E-state index contributed by atoms with van der Waals surface area (Å²) < 4.78 is 28.2. The van der Waals surface area contributed by atoms with E-state index in [4.69, 9.17) is 58.9 Å². The minimum Gasteiger partial charge on any atom is -0.444 e. The monoisotopic (exact) mass is 688 g/mol. The maximum absolute atomic E-state index is 11.4. The zero-order valence-electron chi connectivity index (χ0n) is 26.8. The average Bonchev–Trinajstić information content (AvgIpc) is 2.75. The number of ether oxygens (including phenoxy) is 6. The van der Waals surface area contributed by atoms with Gasteiger partial charge < -0.3 is 44.2 Å². The number of hydrogen-bond acceptors (Lipinski definition) is 11. The second-order valence-corrected chi connectivity index (χ2v) is 11.7. The Bertz CT molecular complexity index is 728. The quantitative estimate of drug-likeness (QED) is 0.0972. The van der Waals surface area contributed by atoms with Gasteiger partial charge in [-0.1, -0.05) is 30.6 Å². The van der Waals surface area contributed by atoms with E-state index in [9.17, 15) is 19.2 Å². The number of hydrogen-bond donors (Lipinski definition) is 3. The van der Waals surface area contributed by atoms with Crippen LogP contribution < -0.4 is 10.6 Å². The van der Waals surface area contributed by atoms with Crippen LogP contribution in [-0.2, 0) is 28.4 Å². The van der Waals surface area contributed by atoms with E-state index in [-0.39, 0.29) is 26.7 Å². The number of alkyl halides is 2. The fourth-order valence-corrected chi connectivity index (χ4v) is 2.13. The molecule has 0 spiro atoms. The van der Waals surface area contributed by atoms with Crippen LogP contribution in [0.5, 0.6) is 0 Å². The molecule has 4 atom stereocenters. The van der Waals surface area contributed by atoms with Crippen LogP contribution in [0.1, 0.15) is 90.5 Å². The van der Waals surface area contributed by atoms with Crippen LogP contribution in [0.15, 0.2) is 0 Å². The highest BCUT2D eigenvalue weighted by molar-refractivity contribution is 6.61. The summed E-state index contributed by atoms with van der Waals surface area (Å²) in [5, 5.41) is 13.6. The Labute approximate surface area is 272 Å². The summed E-state index contributed by atoms with van der Waals surface area (Å²) in [5.41, 5.74) is -3.32. The Balaban J connectivity index is -0.000000166. The van der Waals surface area contributed by atoms with Gasteiger partial charge >= 0.3 is 23.8 Å². The Morgan fingerprint density at radius 1 is 0.744 bits per heavy atom. The van der Waals surface area contributed by atoms with Crippen molar-refractivity contribution in [3.05, 3.63) is 0 Å². The smallest absolute Gasteiger partial charge is 0.444 e. The molecule has 43 heavy (non-hydrogen) atoms. The highest BCUT2D eigenvalue weighted by atomic mass is 35.5. The van der Waals surface area contributed by atoms with E-state index < -0.39 is 52.1 Å². The van der Waals surface area contributed by atoms with Gasteiger partial charge in [0.05, 0.1) is 18.7 Å². The molecule has 16 heteroatoms. The molecule has 0 bridgehead atoms. The fraction of sp³-hybridized carbons (Fsp3) is 0.852. The molecule has 3 N–H and O–H groups in total. The molecule has 0 saturated heterocycles. The first kappa shape index (κ1) is 50.7. The molecule has 0 aliphatic heterocycles. The molecule has 13 nitrogen and oxygen atoms in total. The summed E-state index contributed by atoms with van der Waals surface area (Å²) in [5.74, 6) is 0. The van der Waals surface area contributed by atoms with Gasteiger partial charge in [-0.2, -0.15) is 0 Å². The molecule has 0 heterocycles. The molecule has 0 aromatic rings. The largest absolute Gasteiger partial charge is 0.509 e. The molecule has 0 rings (SSSR count). The van der Waals surface area contributed by atoms with Gasteiger partial charge in [0.15, 0.2) is 11.1 Å². The molecule has 2 amide bonds. The molecule has 0 aliphatic rings. The highest BCUT2D eigenvalue weighted by Crippen LogP contribution is 2.07. The number of nitrogens with one attached hydrogen (secondary N) is 2. The van der Waals surface area contributed by atoms with E-state index in [2.05, 4.69) is 20.1 Å². The van der Waals surface area contributed by atoms with Crippen LogP contribution >= 0.6 is 34.8 Å². The van der Waals surface area contributed by atoms with Crippen molar-refractivity contribution in [3.63, 3.8) is 0 Å². The van der Waals surface area contributed by atoms with Gasteiger partial charge in [0, 0.05) is 24.8 Å². The number of aliphatic hydroxyl groups is 1. The molecular formula is C27H55Cl3N2O11. The second-order valence-electron chi connectivity index (χ2n) is 10.2. The summed E-state index contributed by atoms with van der Waals surface area (Å²) in [6, 6.07) is -0.655. The number of amides is 2. The molecule has 0 aliphatic carbocycles. The zero-order valence-corrected chi connectivity index (χ0v) is 29.1. The first-order chi connectivity index (χ1) is 19.0. The summed E-state index contributed by atoms with van der Waals surface area (Å²) in [7, 11) is 0. The summed E-state index contributed by atoms with van der Waals surface area (Å²) in [6.07, 6.45) is -1.95. The van der Waals surface area contributed by atoms with Gasteiger partial charge in [-0.25, -0.2) is 19.2 Å². The first-order valence-electron chi connectivity index (χ1n) is 13.1. The molecule has 0 fully saturated rings. The summed E-state index contributed by atoms with van der Waals surface area (Å²) >= 11 is 15.3. The summed E-state index contributed by atoms with van der Waals surface area (Å²) in [6.45, 7) is 22.6. The van der Waals surface area contributed by atoms with Crippen molar-refractivity contribution >= 4 is 58.6 Å². The van der Waals surface area contributed by atoms with Crippen LogP contribution in [0.4, 0.5) is 19.2 Å². The Morgan fingerprint density at radius 2 is 1.12 bits per heavy atom. The zero-order chi connectivity index (χ0) is 34.1. The van der Waals surface area contributed by atoms with Crippen LogP contribution in [0.3, 0.4) is 0 Å². The van der Waals surface area contributed by atoms with Crippen molar-refractivity contribution in [2.75, 3.05) is 26.4 Å². The van der Waals surface area contributed by atoms with Gasteiger partial charge in [-0.15, -0.1) is 0 Å². The number of carbonyl (C=O) groups excluding carboxylic acids is 4. The van der Waals surface area contributed by atoms with Gasteiger partial charge in [0.1, 0.15) is 17.8 Å². The number of rotatable bonds is 9. The lowest BCUT2D eigenvalue weighted by atomic mass is 10.2. The minimum absolute atomic E-state index is 0. The maximum Gasteiger partial charge on any atom is 0.509 e. The highest BCUT2D eigenvalue weighted by Gasteiger charge is 2.19. The van der Waals surface area contributed by atoms with E-state index in [0.717, 1.165) is 13.2 Å². The minimum atomic E-state index is -0.879. The predicted molar refractivity (Wildman–Crippen MR) is 169 cm³/mol. The first-order valence-corrected chi connectivity index (χ1v) is 14.4. The van der Waals surface area contributed by atoms with E-state index in [1.165, 1.54) is 13.8 Å². The van der Waals surface area contributed by atoms with Gasteiger partial charge in [0.25, 0.3) is 0 Å². The second kappa shape index (κ2) is 28.8. The van der Waals surface area contributed by atoms with Gasteiger partial charge in [-0.05, 0) is 83.1 Å². The molecule has 0 radical (unpaired) electrons. The van der Waals surface area contributed by atoms with Crippen molar-refractivity contribution in [2.45, 2.75) is 125 Å². The Morgan fingerprint density at radius 3 is 1.35 bits per heavy atom. The summed E-state index contributed by atoms with van der Waals surface area (Å²) in [4.78, 5) is 43.1. The Kier molecular flexibility index (Phi) is 34.0. The van der Waals surface area contributed by atoms with Crippen LogP contribution in [0.2, 0.25) is 0 Å². The maximum atomic E-state index is 11.4. The van der Waals surface area contributed by atoms with E-state index in [1.807, 2.05) is 13.8 Å². The van der Waals surface area contributed by atoms with Gasteiger partial charge in [-0.3, -0.25) is 0 Å². The Hall–Kier alpha value is -1.93. The fourth-order valence-electron chi connectivity index (χ4n) is 1.80. The van der Waals surface area contributed by atoms with Crippen molar-refractivity contribution < 1.29 is 52.7 Å². The number of carbonyl (C=O) groups is 4. The van der Waals surface area contributed by atoms with Crippen molar-refractivity contribution in [2.24, 2.45) is 0 Å². The average molecular weight is 690 g/mol. The lowest BCUT2D eigenvalue weighted by molar-refractivity contribution is 0.0343. The third-order valence-electron chi connectivity index (χ3n) is 3.17. The van der Waals surface area contributed by atoms with Crippen LogP contribution in [0, 0.1) is 0 Å². The van der Waals surface area contributed by atoms with Crippen molar-refractivity contribution in [3.8, 4) is 0 Å². The normalized spacial score (nSPS) is 12.9. The predicted octanol–water partition coefficient (Wildman–Crippen LogP) is 7.16. The standard InChI is InChI=1S/C11H20ClNO5.C8H17NO3.C4H10O.C3H4Cl2O2.CH4/c1-7(6-16-10(15)17-8(2)12)13-9(14)18-11(3,4)5;1-6(5-10)9-7(11)12-8(2,3)4;1-3-5-4-2;1-2(4)7-3(5)6;/h7-8H,6H2,1-5H3,(H,13,14);6,10H,5H2,1-4H3,(H,9,11);3-4H2,1-2H3;2H,1H3;1H4. The topological polar surface area (TPSA) is 168 Å². The third kappa shape index (κ3) is 53.1. The van der Waals surface area contributed by atoms with Crippen LogP contribution in [0.25, 0.3) is 0 Å². The van der Waals surface area contributed by atoms with Crippen molar-refractivity contribution in [1.29, 1.82) is 0 Å². The number of alkyl carbamates (subject to hydrolysis) is 2. The third-order valence-corrected chi connectivity index (χ3v) is 3.44. The number of aliphatic hydroxyl groups excluding tert-OH is 1. The lowest BCUT2D eigenvalue weighted by Gasteiger charge is -2.21. The van der Waals surface area contributed by atoms with E-state index in [1.54, 1.807) is 55.4 Å². The molecule has 4 unspecified atom stereocenters. The molecule has 0 aromatic heterocycles. The number of halogens is 3. The lowest BCUT2D eigenvalue weighted by Crippen LogP contribution is -2.40. The molecule has 260 valence electrons. The van der Waals surface area contributed by atoms with E-state index in [0.29, 0.717) is 0 Å². The molecule has 0 aromatic carbocycles. The van der Waals surface area contributed by atoms with E-state index >= 15 is 0 Å². The SMILES string of the molecule is C.CC(CO)NC(=O)OC(C)(C)C.CC(COC(=O)OC(C)Cl)NC(=O)OC(C)(C)C.CC(Cl)OC(=O)Cl.CCOCC. The molecule has 0 saturated carbocycles. The van der Waals surface area contributed by atoms with Gasteiger partial charge in [0.2, 0.25) is 0 Å². The van der Waals surface area contributed by atoms with Crippen molar-refractivity contribution in [1.82, 2.24) is 10.6 Å². The molecular weight excluding hydrogens is 635 g/mol.